The number of nitrogens with zero attached hydrogens (tertiary/aromatic N) is 1. The van der Waals surface area contributed by atoms with E-state index in [4.69, 9.17) is 11.0 Å². The number of aromatic nitrogens is 1. The van der Waals surface area contributed by atoms with E-state index in [2.05, 4.69) is 10.3 Å². The highest BCUT2D eigenvalue weighted by atomic mass is 16.1. The third-order valence-electron chi connectivity index (χ3n) is 3.43. The molecule has 0 aliphatic rings. The maximum atomic E-state index is 12.2. The molecule has 4 N–H and O–H groups in total. The predicted octanol–water partition coefficient (Wildman–Crippen LogP) is 1.63. The molecule has 0 atom stereocenters. The van der Waals surface area contributed by atoms with E-state index in [0.717, 1.165) is 0 Å². The van der Waals surface area contributed by atoms with E-state index in [1.54, 1.807) is 38.1 Å². The van der Waals surface area contributed by atoms with Gasteiger partial charge in [-0.25, -0.2) is 0 Å². The van der Waals surface area contributed by atoms with E-state index in [0.29, 0.717) is 28.2 Å². The van der Waals surface area contributed by atoms with E-state index in [1.807, 2.05) is 6.07 Å². The average molecular weight is 296 g/mol. The number of amides is 1. The van der Waals surface area contributed by atoms with Gasteiger partial charge in [0.15, 0.2) is 0 Å². The van der Waals surface area contributed by atoms with Crippen molar-refractivity contribution in [1.82, 2.24) is 4.98 Å². The van der Waals surface area contributed by atoms with Crippen molar-refractivity contribution in [1.29, 1.82) is 5.26 Å². The Morgan fingerprint density at radius 1 is 1.41 bits per heavy atom. The molecule has 1 amide bonds. The molecule has 0 saturated carbocycles. The molecule has 2 rings (SSSR count). The van der Waals surface area contributed by atoms with Gasteiger partial charge in [-0.3, -0.25) is 9.59 Å². The largest absolute Gasteiger partial charge is 0.399 e. The SMILES string of the molecule is Cc1[nH]c(=O)c(C#N)c(C)c1CC(=O)Nc1cccc(N)c1. The molecule has 0 fully saturated rings. The second kappa shape index (κ2) is 6.14. The molecule has 0 unspecified atom stereocenters. The maximum absolute atomic E-state index is 12.2. The van der Waals surface area contributed by atoms with E-state index < -0.39 is 5.56 Å². The molecule has 6 heteroatoms. The third-order valence-corrected chi connectivity index (χ3v) is 3.43. The highest BCUT2D eigenvalue weighted by Gasteiger charge is 2.15. The summed E-state index contributed by atoms with van der Waals surface area (Å²) < 4.78 is 0. The number of rotatable bonds is 3. The number of pyridine rings is 1. The molecule has 0 aliphatic carbocycles. The van der Waals surface area contributed by atoms with Crippen molar-refractivity contribution < 1.29 is 4.79 Å². The number of nitriles is 1. The summed E-state index contributed by atoms with van der Waals surface area (Å²) in [5, 5.41) is 11.8. The van der Waals surface area contributed by atoms with Gasteiger partial charge in [0.2, 0.25) is 5.91 Å². The van der Waals surface area contributed by atoms with Crippen LogP contribution in [0.2, 0.25) is 0 Å². The zero-order chi connectivity index (χ0) is 16.3. The second-order valence-electron chi connectivity index (χ2n) is 5.02. The number of nitrogens with one attached hydrogen (secondary N) is 2. The van der Waals surface area contributed by atoms with Gasteiger partial charge in [0, 0.05) is 17.1 Å². The van der Waals surface area contributed by atoms with Gasteiger partial charge in [-0.2, -0.15) is 5.26 Å². The van der Waals surface area contributed by atoms with Crippen molar-refractivity contribution in [2.45, 2.75) is 20.3 Å². The first-order chi connectivity index (χ1) is 10.4. The van der Waals surface area contributed by atoms with Gasteiger partial charge in [-0.1, -0.05) is 6.07 Å². The maximum Gasteiger partial charge on any atom is 0.266 e. The Balaban J connectivity index is 2.26. The van der Waals surface area contributed by atoms with Gasteiger partial charge in [0.25, 0.3) is 5.56 Å². The fourth-order valence-electron chi connectivity index (χ4n) is 2.29. The van der Waals surface area contributed by atoms with E-state index >= 15 is 0 Å². The Hall–Kier alpha value is -3.07. The highest BCUT2D eigenvalue weighted by Crippen LogP contribution is 2.16. The van der Waals surface area contributed by atoms with E-state index in [-0.39, 0.29) is 17.9 Å². The Labute approximate surface area is 127 Å². The van der Waals surface area contributed by atoms with Crippen LogP contribution in [0.4, 0.5) is 11.4 Å². The molecule has 1 aromatic heterocycles. The lowest BCUT2D eigenvalue weighted by atomic mass is 10.00. The minimum absolute atomic E-state index is 0.0392. The monoisotopic (exact) mass is 296 g/mol. The van der Waals surface area contributed by atoms with Crippen LogP contribution in [-0.2, 0) is 11.2 Å². The molecular weight excluding hydrogens is 280 g/mol. The van der Waals surface area contributed by atoms with Crippen LogP contribution in [0, 0.1) is 25.2 Å². The van der Waals surface area contributed by atoms with Crippen molar-refractivity contribution in [3.05, 3.63) is 57.0 Å². The van der Waals surface area contributed by atoms with Crippen molar-refractivity contribution in [3.8, 4) is 6.07 Å². The number of aryl methyl sites for hydroxylation is 1. The summed E-state index contributed by atoms with van der Waals surface area (Å²) in [6, 6.07) is 8.74. The van der Waals surface area contributed by atoms with Crippen LogP contribution in [0.15, 0.2) is 29.1 Å². The lowest BCUT2D eigenvalue weighted by Gasteiger charge is -2.11. The number of nitrogens with two attached hydrogens (primary N) is 1. The van der Waals surface area contributed by atoms with Crippen LogP contribution in [0.3, 0.4) is 0 Å². The Bertz CT molecular complexity index is 831. The van der Waals surface area contributed by atoms with Crippen LogP contribution in [0.1, 0.15) is 22.4 Å². The summed E-state index contributed by atoms with van der Waals surface area (Å²) in [6.45, 7) is 3.38. The van der Waals surface area contributed by atoms with Gasteiger partial charge in [-0.15, -0.1) is 0 Å². The quantitative estimate of drug-likeness (QED) is 0.747. The van der Waals surface area contributed by atoms with Gasteiger partial charge in [0.1, 0.15) is 11.6 Å². The smallest absolute Gasteiger partial charge is 0.266 e. The van der Waals surface area contributed by atoms with Crippen molar-refractivity contribution >= 4 is 17.3 Å². The number of hydrogen-bond donors (Lipinski definition) is 3. The molecule has 0 aliphatic heterocycles. The first-order valence-corrected chi connectivity index (χ1v) is 6.70. The Kier molecular flexibility index (Phi) is 4.28. The van der Waals surface area contributed by atoms with Crippen LogP contribution in [0.25, 0.3) is 0 Å². The topological polar surface area (TPSA) is 112 Å². The first-order valence-electron chi connectivity index (χ1n) is 6.70. The normalized spacial score (nSPS) is 10.0. The molecule has 22 heavy (non-hydrogen) atoms. The average Bonchev–Trinajstić information content (AvgIpc) is 2.43. The fourth-order valence-corrected chi connectivity index (χ4v) is 2.29. The minimum atomic E-state index is -0.433. The third kappa shape index (κ3) is 3.15. The number of nitrogen functional groups attached to an aromatic ring is 1. The number of carbonyl (C=O) groups is 1. The lowest BCUT2D eigenvalue weighted by molar-refractivity contribution is -0.115. The van der Waals surface area contributed by atoms with Crippen molar-refractivity contribution in [2.75, 3.05) is 11.1 Å². The zero-order valence-corrected chi connectivity index (χ0v) is 12.4. The number of anilines is 2. The summed E-state index contributed by atoms with van der Waals surface area (Å²) in [5.74, 6) is -0.243. The molecular formula is C16H16N4O2. The molecule has 0 bridgehead atoms. The van der Waals surface area contributed by atoms with Crippen molar-refractivity contribution in [3.63, 3.8) is 0 Å². The molecule has 1 aromatic carbocycles. The summed E-state index contributed by atoms with van der Waals surface area (Å²) in [7, 11) is 0. The molecule has 0 radical (unpaired) electrons. The first kappa shape index (κ1) is 15.3. The van der Waals surface area contributed by atoms with Gasteiger partial charge < -0.3 is 16.0 Å². The summed E-state index contributed by atoms with van der Waals surface area (Å²) >= 11 is 0. The Morgan fingerprint density at radius 2 is 2.14 bits per heavy atom. The molecule has 6 nitrogen and oxygen atoms in total. The predicted molar refractivity (Wildman–Crippen MR) is 84.4 cm³/mol. The standard InChI is InChI=1S/C16H16N4O2/c1-9-13(10(2)19-16(22)14(9)8-17)7-15(21)20-12-5-3-4-11(18)6-12/h3-6H,7,18H2,1-2H3,(H,19,22)(H,20,21). The van der Waals surface area contributed by atoms with Crippen LogP contribution < -0.4 is 16.6 Å². The van der Waals surface area contributed by atoms with Crippen LogP contribution >= 0.6 is 0 Å². The van der Waals surface area contributed by atoms with Crippen molar-refractivity contribution in [2.24, 2.45) is 0 Å². The highest BCUT2D eigenvalue weighted by molar-refractivity contribution is 5.93. The molecule has 1 heterocycles. The van der Waals surface area contributed by atoms with Crippen LogP contribution in [-0.4, -0.2) is 10.9 Å². The number of H-pyrrole nitrogens is 1. The number of carbonyl (C=O) groups excluding carboxylic acids is 1. The fraction of sp³-hybridized carbons (Fsp3) is 0.188. The number of hydrogen-bond acceptors (Lipinski definition) is 4. The number of aromatic amines is 1. The van der Waals surface area contributed by atoms with Gasteiger partial charge >= 0.3 is 0 Å². The summed E-state index contributed by atoms with van der Waals surface area (Å²) in [4.78, 5) is 26.4. The zero-order valence-electron chi connectivity index (χ0n) is 12.4. The van der Waals surface area contributed by atoms with Gasteiger partial charge in [0.05, 0.1) is 6.42 Å². The van der Waals surface area contributed by atoms with E-state index in [9.17, 15) is 9.59 Å². The van der Waals surface area contributed by atoms with Crippen LogP contribution in [0.5, 0.6) is 0 Å². The molecule has 2 aromatic rings. The van der Waals surface area contributed by atoms with E-state index in [1.165, 1.54) is 0 Å². The molecule has 112 valence electrons. The number of benzene rings is 1. The lowest BCUT2D eigenvalue weighted by Crippen LogP contribution is -2.21. The minimum Gasteiger partial charge on any atom is -0.399 e. The van der Waals surface area contributed by atoms with Gasteiger partial charge in [-0.05, 0) is 43.2 Å². The summed E-state index contributed by atoms with van der Waals surface area (Å²) in [6.07, 6.45) is 0.0674. The Morgan fingerprint density at radius 3 is 2.77 bits per heavy atom. The molecule has 0 spiro atoms. The summed E-state index contributed by atoms with van der Waals surface area (Å²) in [5.41, 5.74) is 8.20. The molecule has 0 saturated heterocycles. The second-order valence-corrected chi connectivity index (χ2v) is 5.02.